The van der Waals surface area contributed by atoms with Crippen LogP contribution in [0.1, 0.15) is 12.8 Å². The molecule has 1 saturated heterocycles. The number of para-hydroxylation sites is 2. The molecule has 2 aliphatic rings. The first-order chi connectivity index (χ1) is 12.0. The fourth-order valence-electron chi connectivity index (χ4n) is 3.01. The van der Waals surface area contributed by atoms with Crippen LogP contribution < -0.4 is 9.64 Å². The number of ether oxygens (including phenoxy) is 2. The van der Waals surface area contributed by atoms with Gasteiger partial charge < -0.3 is 19.5 Å². The Labute approximate surface area is 144 Å². The summed E-state index contributed by atoms with van der Waals surface area (Å²) in [5.74, 6) is -1.33. The van der Waals surface area contributed by atoms with Crippen LogP contribution in [-0.2, 0) is 19.1 Å². The fraction of sp³-hybridized carbons (Fsp3) is 0.471. The monoisotopic (exact) mass is 348 g/mol. The predicted molar refractivity (Wildman–Crippen MR) is 87.5 cm³/mol. The first-order valence-corrected chi connectivity index (χ1v) is 8.18. The number of rotatable bonds is 6. The van der Waals surface area contributed by atoms with E-state index in [0.717, 1.165) is 12.8 Å². The fourth-order valence-corrected chi connectivity index (χ4v) is 3.01. The topological polar surface area (TPSA) is 96.4 Å². The first-order valence-electron chi connectivity index (χ1n) is 8.18. The van der Waals surface area contributed by atoms with Gasteiger partial charge in [-0.15, -0.1) is 0 Å². The molecule has 0 bridgehead atoms. The van der Waals surface area contributed by atoms with Crippen LogP contribution in [0.3, 0.4) is 0 Å². The molecule has 2 amide bonds. The Bertz CT molecular complexity index is 671. The molecule has 8 nitrogen and oxygen atoms in total. The molecule has 2 aliphatic heterocycles. The Hall–Kier alpha value is -2.61. The van der Waals surface area contributed by atoms with E-state index >= 15 is 0 Å². The Morgan fingerprint density at radius 3 is 2.84 bits per heavy atom. The smallest absolute Gasteiger partial charge is 0.323 e. The molecule has 1 fully saturated rings. The zero-order valence-corrected chi connectivity index (χ0v) is 13.7. The van der Waals surface area contributed by atoms with E-state index < -0.39 is 18.4 Å². The summed E-state index contributed by atoms with van der Waals surface area (Å²) in [7, 11) is 0. The molecular weight excluding hydrogens is 328 g/mol. The summed E-state index contributed by atoms with van der Waals surface area (Å²) in [5.41, 5.74) is 0.513. The van der Waals surface area contributed by atoms with E-state index in [2.05, 4.69) is 0 Å². The molecular formula is C17H20N2O6. The lowest BCUT2D eigenvalue weighted by Crippen LogP contribution is -2.49. The SMILES string of the molecule is O=C(O)CN(CC1CCCO1)C(=O)CN1C(=O)COc2ccccc21. The number of carbonyl (C=O) groups excluding carboxylic acids is 2. The number of hydrogen-bond acceptors (Lipinski definition) is 5. The van der Waals surface area contributed by atoms with Crippen molar-refractivity contribution in [2.45, 2.75) is 18.9 Å². The molecule has 0 saturated carbocycles. The lowest BCUT2D eigenvalue weighted by molar-refractivity contribution is -0.145. The molecule has 3 rings (SSSR count). The molecule has 25 heavy (non-hydrogen) atoms. The summed E-state index contributed by atoms with van der Waals surface area (Å²) in [6, 6.07) is 6.95. The van der Waals surface area contributed by atoms with Gasteiger partial charge in [0.25, 0.3) is 5.91 Å². The van der Waals surface area contributed by atoms with E-state index in [1.165, 1.54) is 9.80 Å². The third-order valence-electron chi connectivity index (χ3n) is 4.23. The van der Waals surface area contributed by atoms with E-state index in [4.69, 9.17) is 14.6 Å². The lowest BCUT2D eigenvalue weighted by Gasteiger charge is -2.31. The number of fused-ring (bicyclic) bond motifs is 1. The van der Waals surface area contributed by atoms with Crippen LogP contribution >= 0.6 is 0 Å². The van der Waals surface area contributed by atoms with Gasteiger partial charge >= 0.3 is 5.97 Å². The van der Waals surface area contributed by atoms with E-state index in [9.17, 15) is 14.4 Å². The largest absolute Gasteiger partial charge is 0.482 e. The van der Waals surface area contributed by atoms with Gasteiger partial charge in [0.05, 0.1) is 11.8 Å². The second-order valence-corrected chi connectivity index (χ2v) is 6.04. The predicted octanol–water partition coefficient (Wildman–Crippen LogP) is 0.504. The summed E-state index contributed by atoms with van der Waals surface area (Å²) in [4.78, 5) is 38.5. The van der Waals surface area contributed by atoms with Crippen LogP contribution in [0.4, 0.5) is 5.69 Å². The number of carbonyl (C=O) groups is 3. The summed E-state index contributed by atoms with van der Waals surface area (Å²) in [5, 5.41) is 9.09. The molecule has 8 heteroatoms. The number of benzene rings is 1. The van der Waals surface area contributed by atoms with Gasteiger partial charge in [0.1, 0.15) is 18.8 Å². The molecule has 1 atom stereocenters. The molecule has 1 unspecified atom stereocenters. The van der Waals surface area contributed by atoms with E-state index in [-0.39, 0.29) is 31.7 Å². The van der Waals surface area contributed by atoms with Crippen LogP contribution in [0, 0.1) is 0 Å². The Morgan fingerprint density at radius 1 is 1.32 bits per heavy atom. The second kappa shape index (κ2) is 7.52. The van der Waals surface area contributed by atoms with Crippen molar-refractivity contribution in [3.8, 4) is 5.75 Å². The van der Waals surface area contributed by atoms with Crippen LogP contribution in [0.25, 0.3) is 0 Å². The Morgan fingerprint density at radius 2 is 2.12 bits per heavy atom. The van der Waals surface area contributed by atoms with Crippen molar-refractivity contribution in [3.63, 3.8) is 0 Å². The normalized spacial score (nSPS) is 19.3. The van der Waals surface area contributed by atoms with E-state index in [0.29, 0.717) is 18.0 Å². The van der Waals surface area contributed by atoms with Gasteiger partial charge in [0.15, 0.2) is 6.61 Å². The number of hydrogen-bond donors (Lipinski definition) is 1. The van der Waals surface area contributed by atoms with Gasteiger partial charge in [-0.3, -0.25) is 19.3 Å². The number of aliphatic carboxylic acids is 1. The van der Waals surface area contributed by atoms with Crippen LogP contribution in [0.5, 0.6) is 5.75 Å². The maximum Gasteiger partial charge on any atom is 0.323 e. The van der Waals surface area contributed by atoms with Crippen molar-refractivity contribution in [1.29, 1.82) is 0 Å². The van der Waals surface area contributed by atoms with Crippen LogP contribution in [0.15, 0.2) is 24.3 Å². The number of amides is 2. The van der Waals surface area contributed by atoms with Crippen molar-refractivity contribution >= 4 is 23.5 Å². The minimum atomic E-state index is -1.10. The summed E-state index contributed by atoms with van der Waals surface area (Å²) < 4.78 is 10.8. The molecule has 1 N–H and O–H groups in total. The highest BCUT2D eigenvalue weighted by atomic mass is 16.5. The molecule has 134 valence electrons. The van der Waals surface area contributed by atoms with Gasteiger partial charge in [0.2, 0.25) is 5.91 Å². The van der Waals surface area contributed by atoms with Gasteiger partial charge in [-0.2, -0.15) is 0 Å². The van der Waals surface area contributed by atoms with E-state index in [1.807, 2.05) is 0 Å². The summed E-state index contributed by atoms with van der Waals surface area (Å²) >= 11 is 0. The highest BCUT2D eigenvalue weighted by Crippen LogP contribution is 2.31. The third-order valence-corrected chi connectivity index (χ3v) is 4.23. The number of carboxylic acid groups (broad SMARTS) is 1. The zero-order valence-electron chi connectivity index (χ0n) is 13.7. The second-order valence-electron chi connectivity index (χ2n) is 6.04. The van der Waals surface area contributed by atoms with Gasteiger partial charge in [-0.25, -0.2) is 0 Å². The Balaban J connectivity index is 1.73. The van der Waals surface area contributed by atoms with Crippen LogP contribution in [0.2, 0.25) is 0 Å². The molecule has 0 aromatic heterocycles. The van der Waals surface area contributed by atoms with Crippen molar-refractivity contribution < 1.29 is 29.0 Å². The van der Waals surface area contributed by atoms with Crippen molar-refractivity contribution in [3.05, 3.63) is 24.3 Å². The Kier molecular flexibility index (Phi) is 5.18. The average molecular weight is 348 g/mol. The minimum Gasteiger partial charge on any atom is -0.482 e. The van der Waals surface area contributed by atoms with E-state index in [1.54, 1.807) is 24.3 Å². The lowest BCUT2D eigenvalue weighted by atomic mass is 10.2. The molecule has 1 aromatic rings. The molecule has 0 aliphatic carbocycles. The highest BCUT2D eigenvalue weighted by Gasteiger charge is 2.30. The van der Waals surface area contributed by atoms with Crippen LogP contribution in [-0.4, -0.2) is 66.7 Å². The standard InChI is InChI=1S/C17H20N2O6/c20-15(18(10-17(22)23)8-12-4-3-7-24-12)9-19-13-5-1-2-6-14(13)25-11-16(19)21/h1-2,5-6,12H,3-4,7-11H2,(H,22,23). The molecule has 1 aromatic carbocycles. The van der Waals surface area contributed by atoms with Gasteiger partial charge in [-0.1, -0.05) is 12.1 Å². The number of anilines is 1. The van der Waals surface area contributed by atoms with Crippen molar-refractivity contribution in [1.82, 2.24) is 4.90 Å². The maximum atomic E-state index is 12.7. The molecule has 0 spiro atoms. The quantitative estimate of drug-likeness (QED) is 0.804. The molecule has 2 heterocycles. The number of nitrogens with zero attached hydrogens (tertiary/aromatic N) is 2. The minimum absolute atomic E-state index is 0.144. The summed E-state index contributed by atoms with van der Waals surface area (Å²) in [6.07, 6.45) is 1.54. The number of carboxylic acids is 1. The average Bonchev–Trinajstić information content (AvgIpc) is 3.09. The van der Waals surface area contributed by atoms with Crippen molar-refractivity contribution in [2.24, 2.45) is 0 Å². The van der Waals surface area contributed by atoms with Gasteiger partial charge in [0, 0.05) is 13.2 Å². The molecule has 0 radical (unpaired) electrons. The maximum absolute atomic E-state index is 12.7. The zero-order chi connectivity index (χ0) is 17.8. The third kappa shape index (κ3) is 4.08. The first kappa shape index (κ1) is 17.2. The highest BCUT2D eigenvalue weighted by molar-refractivity contribution is 6.02. The summed E-state index contributed by atoms with van der Waals surface area (Å²) in [6.45, 7) is 0.0490. The van der Waals surface area contributed by atoms with Gasteiger partial charge in [-0.05, 0) is 25.0 Å². The van der Waals surface area contributed by atoms with Crippen molar-refractivity contribution in [2.75, 3.05) is 37.7 Å².